The summed E-state index contributed by atoms with van der Waals surface area (Å²) in [6.07, 6.45) is 0.894. The van der Waals surface area contributed by atoms with E-state index in [2.05, 4.69) is 15.6 Å². The summed E-state index contributed by atoms with van der Waals surface area (Å²) in [6.45, 7) is 0.691. The smallest absolute Gasteiger partial charge is 0.178 e. The third-order valence-electron chi connectivity index (χ3n) is 3.94. The largest absolute Gasteiger partial charge is 0.493 e. The summed E-state index contributed by atoms with van der Waals surface area (Å²) in [4.78, 5) is 3.23. The minimum atomic E-state index is 0.176. The number of aromatic amines is 1. The zero-order valence-corrected chi connectivity index (χ0v) is 12.7. The summed E-state index contributed by atoms with van der Waals surface area (Å²) in [5.41, 5.74) is 3.10. The van der Waals surface area contributed by atoms with Crippen LogP contribution in [0.25, 0.3) is 11.0 Å². The number of nitrogens with zero attached hydrogens (tertiary/aromatic N) is 1. The number of fused-ring (bicyclic) bond motifs is 2. The number of hydrogen-bond acceptors (Lipinski definition) is 2. The Hall–Kier alpha value is -1.78. The predicted molar refractivity (Wildman–Crippen MR) is 86.8 cm³/mol. The number of aromatic nitrogens is 2. The molecule has 4 rings (SSSR count). The Labute approximate surface area is 132 Å². The summed E-state index contributed by atoms with van der Waals surface area (Å²) < 4.78 is 8.59. The Morgan fingerprint density at radius 1 is 1.19 bits per heavy atom. The number of imidazole rings is 1. The van der Waals surface area contributed by atoms with Crippen LogP contribution in [-0.2, 0) is 0 Å². The van der Waals surface area contributed by atoms with Crippen molar-refractivity contribution in [3.05, 3.63) is 57.8 Å². The molecule has 1 atom stereocenters. The van der Waals surface area contributed by atoms with Crippen LogP contribution in [0.15, 0.2) is 42.5 Å². The molecule has 0 aliphatic carbocycles. The van der Waals surface area contributed by atoms with E-state index in [1.165, 1.54) is 5.56 Å². The van der Waals surface area contributed by atoms with Crippen LogP contribution in [0.3, 0.4) is 0 Å². The van der Waals surface area contributed by atoms with Gasteiger partial charge in [-0.15, -0.1) is 0 Å². The van der Waals surface area contributed by atoms with Crippen LogP contribution in [0.2, 0.25) is 5.02 Å². The van der Waals surface area contributed by atoms with E-state index >= 15 is 0 Å². The minimum Gasteiger partial charge on any atom is -0.493 e. The van der Waals surface area contributed by atoms with Crippen molar-refractivity contribution in [1.82, 2.24) is 9.55 Å². The number of halogens is 1. The standard InChI is InChI=1S/C16H13ClN2OS/c17-11-5-3-6-13-15(11)18-16(21)19(13)12-8-9-20-14-7-2-1-4-10(12)14/h1-7,12H,8-9H2,(H,18,21). The van der Waals surface area contributed by atoms with Crippen LogP contribution >= 0.6 is 23.8 Å². The lowest BCUT2D eigenvalue weighted by molar-refractivity contribution is 0.257. The Morgan fingerprint density at radius 2 is 2.05 bits per heavy atom. The summed E-state index contributed by atoms with van der Waals surface area (Å²) in [7, 11) is 0. The minimum absolute atomic E-state index is 0.176. The predicted octanol–water partition coefficient (Wildman–Crippen LogP) is 4.72. The van der Waals surface area contributed by atoms with Crippen LogP contribution in [0, 0.1) is 4.77 Å². The van der Waals surface area contributed by atoms with E-state index in [4.69, 9.17) is 28.6 Å². The Morgan fingerprint density at radius 3 is 2.95 bits per heavy atom. The number of benzene rings is 2. The van der Waals surface area contributed by atoms with Gasteiger partial charge in [-0.1, -0.05) is 35.9 Å². The monoisotopic (exact) mass is 316 g/mol. The second-order valence-corrected chi connectivity index (χ2v) is 5.92. The van der Waals surface area contributed by atoms with E-state index in [-0.39, 0.29) is 6.04 Å². The number of ether oxygens (including phenoxy) is 1. The molecule has 1 aliphatic rings. The summed E-state index contributed by atoms with van der Waals surface area (Å²) >= 11 is 11.8. The Kier molecular flexibility index (Phi) is 3.01. The van der Waals surface area contributed by atoms with Crippen molar-refractivity contribution in [3.63, 3.8) is 0 Å². The number of hydrogen-bond donors (Lipinski definition) is 1. The molecular weight excluding hydrogens is 304 g/mol. The Balaban J connectivity index is 1.98. The van der Waals surface area contributed by atoms with Crippen molar-refractivity contribution < 1.29 is 4.74 Å². The zero-order chi connectivity index (χ0) is 14.4. The SMILES string of the molecule is S=c1[nH]c2c(Cl)cccc2n1C1CCOc2ccccc21. The van der Waals surface area contributed by atoms with Gasteiger partial charge in [0.05, 0.1) is 28.7 Å². The third-order valence-corrected chi connectivity index (χ3v) is 4.55. The second-order valence-electron chi connectivity index (χ2n) is 5.12. The number of rotatable bonds is 1. The highest BCUT2D eigenvalue weighted by atomic mass is 35.5. The first-order valence-electron chi connectivity index (χ1n) is 6.86. The first-order valence-corrected chi connectivity index (χ1v) is 7.65. The van der Waals surface area contributed by atoms with Gasteiger partial charge >= 0.3 is 0 Å². The summed E-state index contributed by atoms with van der Waals surface area (Å²) in [5, 5.41) is 0.692. The van der Waals surface area contributed by atoms with Gasteiger partial charge in [0.1, 0.15) is 5.75 Å². The van der Waals surface area contributed by atoms with E-state index in [0.29, 0.717) is 16.4 Å². The lowest BCUT2D eigenvalue weighted by Gasteiger charge is -2.27. The molecule has 1 aliphatic heterocycles. The number of para-hydroxylation sites is 2. The highest BCUT2D eigenvalue weighted by molar-refractivity contribution is 7.71. The maximum Gasteiger partial charge on any atom is 0.178 e. The summed E-state index contributed by atoms with van der Waals surface area (Å²) in [5.74, 6) is 0.937. The Bertz CT molecular complexity index is 883. The van der Waals surface area contributed by atoms with Gasteiger partial charge in [-0.05, 0) is 30.4 Å². The molecular formula is C16H13ClN2OS. The lowest BCUT2D eigenvalue weighted by atomic mass is 10.0. The van der Waals surface area contributed by atoms with Crippen molar-refractivity contribution >= 4 is 34.9 Å². The molecule has 3 nitrogen and oxygen atoms in total. The molecule has 106 valence electrons. The van der Waals surface area contributed by atoms with Crippen LogP contribution in [0.5, 0.6) is 5.75 Å². The molecule has 0 bridgehead atoms. The average molecular weight is 317 g/mol. The van der Waals surface area contributed by atoms with Crippen molar-refractivity contribution in [1.29, 1.82) is 0 Å². The molecule has 21 heavy (non-hydrogen) atoms. The molecule has 1 aromatic heterocycles. The molecule has 3 aromatic rings. The van der Waals surface area contributed by atoms with Crippen molar-refractivity contribution in [2.45, 2.75) is 12.5 Å². The van der Waals surface area contributed by atoms with E-state index in [0.717, 1.165) is 23.2 Å². The maximum atomic E-state index is 6.27. The van der Waals surface area contributed by atoms with Crippen molar-refractivity contribution in [2.75, 3.05) is 6.61 Å². The van der Waals surface area contributed by atoms with Gasteiger partial charge in [0.25, 0.3) is 0 Å². The molecule has 0 spiro atoms. The fourth-order valence-electron chi connectivity index (χ4n) is 3.01. The molecule has 0 amide bonds. The molecule has 0 saturated heterocycles. The molecule has 0 radical (unpaired) electrons. The van der Waals surface area contributed by atoms with Gasteiger partial charge in [0.2, 0.25) is 0 Å². The van der Waals surface area contributed by atoms with Crippen molar-refractivity contribution in [3.8, 4) is 5.75 Å². The molecule has 2 aromatic carbocycles. The van der Waals surface area contributed by atoms with Gasteiger partial charge in [0.15, 0.2) is 4.77 Å². The summed E-state index contributed by atoms with van der Waals surface area (Å²) in [6, 6.07) is 14.2. The fourth-order valence-corrected chi connectivity index (χ4v) is 3.56. The van der Waals surface area contributed by atoms with E-state index < -0.39 is 0 Å². The second kappa shape index (κ2) is 4.90. The molecule has 2 heterocycles. The van der Waals surface area contributed by atoms with E-state index in [1.54, 1.807) is 0 Å². The van der Waals surface area contributed by atoms with E-state index in [9.17, 15) is 0 Å². The van der Waals surface area contributed by atoms with Gasteiger partial charge < -0.3 is 14.3 Å². The fraction of sp³-hybridized carbons (Fsp3) is 0.188. The zero-order valence-electron chi connectivity index (χ0n) is 11.2. The lowest BCUT2D eigenvalue weighted by Crippen LogP contribution is -2.20. The topological polar surface area (TPSA) is 29.9 Å². The quantitative estimate of drug-likeness (QED) is 0.658. The van der Waals surface area contributed by atoms with Crippen LogP contribution in [0.4, 0.5) is 0 Å². The number of nitrogens with one attached hydrogen (secondary N) is 1. The molecule has 0 fully saturated rings. The highest BCUT2D eigenvalue weighted by Crippen LogP contribution is 2.37. The first kappa shape index (κ1) is 12.9. The third kappa shape index (κ3) is 1.98. The van der Waals surface area contributed by atoms with Gasteiger partial charge in [-0.3, -0.25) is 0 Å². The van der Waals surface area contributed by atoms with Crippen LogP contribution < -0.4 is 4.74 Å². The van der Waals surface area contributed by atoms with E-state index in [1.807, 2.05) is 36.4 Å². The normalized spacial score (nSPS) is 17.5. The van der Waals surface area contributed by atoms with Gasteiger partial charge in [-0.25, -0.2) is 0 Å². The number of H-pyrrole nitrogens is 1. The molecule has 5 heteroatoms. The molecule has 1 N–H and O–H groups in total. The van der Waals surface area contributed by atoms with Crippen LogP contribution in [0.1, 0.15) is 18.0 Å². The first-order chi connectivity index (χ1) is 10.3. The molecule has 1 unspecified atom stereocenters. The highest BCUT2D eigenvalue weighted by Gasteiger charge is 2.25. The van der Waals surface area contributed by atoms with Gasteiger partial charge in [0, 0.05) is 12.0 Å². The van der Waals surface area contributed by atoms with Crippen molar-refractivity contribution in [2.24, 2.45) is 0 Å². The average Bonchev–Trinajstić information content (AvgIpc) is 2.84. The van der Waals surface area contributed by atoms with Gasteiger partial charge in [-0.2, -0.15) is 0 Å². The maximum absolute atomic E-state index is 6.27. The van der Waals surface area contributed by atoms with Crippen LogP contribution in [-0.4, -0.2) is 16.2 Å². The molecule has 0 saturated carbocycles.